The third-order valence-electron chi connectivity index (χ3n) is 13.1. The quantitative estimate of drug-likeness (QED) is 0.124. The molecule has 0 fully saturated rings. The van der Waals surface area contributed by atoms with E-state index in [4.69, 9.17) is 20.9 Å². The Balaban J connectivity index is 0.00000800. The van der Waals surface area contributed by atoms with Crippen LogP contribution in [-0.4, -0.2) is 19.6 Å². The Kier molecular flexibility index (Phi) is 11.5. The Morgan fingerprint density at radius 1 is 0.682 bits per heavy atom. The summed E-state index contributed by atoms with van der Waals surface area (Å²) in [5.41, 5.74) is 10.3. The molecule has 5 heteroatoms. The molecule has 0 saturated carbocycles. The number of nitrogens with zero attached hydrogens (tertiary/aromatic N) is 3. The van der Waals surface area contributed by atoms with Crippen LogP contribution in [0.1, 0.15) is 146 Å². The Labute approximate surface area is 420 Å². The fraction of sp³-hybridized carbons (Fsp3) is 0.311. The van der Waals surface area contributed by atoms with Gasteiger partial charge in [0.05, 0.1) is 29.1 Å². The van der Waals surface area contributed by atoms with Crippen molar-refractivity contribution in [1.82, 2.24) is 14.5 Å². The molecule has 1 N–H and O–H groups in total. The van der Waals surface area contributed by atoms with Crippen LogP contribution in [0.5, 0.6) is 5.75 Å². The zero-order chi connectivity index (χ0) is 53.1. The van der Waals surface area contributed by atoms with Crippen molar-refractivity contribution in [1.29, 1.82) is 0 Å². The number of pyridine rings is 1. The summed E-state index contributed by atoms with van der Waals surface area (Å²) in [5.74, 6) is 0.918. The van der Waals surface area contributed by atoms with E-state index in [0.717, 1.165) is 59.1 Å². The predicted octanol–water partition coefficient (Wildman–Crippen LogP) is 17.0. The summed E-state index contributed by atoms with van der Waals surface area (Å²) in [7, 11) is 0. The summed E-state index contributed by atoms with van der Waals surface area (Å²) in [6.07, 6.45) is 5.04. The number of aromatic nitrogens is 3. The molecule has 8 aromatic rings. The standard InChI is InChI=1S/C61H66N3O.Pt/c1-12-40(13-2)45-35-51(41(14-3)15-4)58(65)52(36-45)59-63-57-49(46-32-47(34-48(33-46)60(6,7)8)54-37-44(29-30-62-54)42-23-18-16-19-24-42)27-22-28-55(57)64(59)56-31-39(5)53(61(9,10)11)38-50(56)43-25-20-17-21-26-43;/h16-31,33-38,40-41,65H,12-15H2,1-11H3;/q-1;/i5D3,16D,18D,19D,23D,24D;. The zero-order valence-corrected chi connectivity index (χ0v) is 42.2. The van der Waals surface area contributed by atoms with Gasteiger partial charge in [-0.2, -0.15) is 0 Å². The summed E-state index contributed by atoms with van der Waals surface area (Å²) in [6.45, 7) is 18.7. The molecular formula is C61H66N3OPt-. The van der Waals surface area contributed by atoms with Crippen LogP contribution in [0.3, 0.4) is 0 Å². The number of phenolic OH excluding ortho intramolecular Hbond substituents is 1. The molecular weight excluding hydrogens is 986 g/mol. The fourth-order valence-electron chi connectivity index (χ4n) is 9.28. The molecule has 66 heavy (non-hydrogen) atoms. The molecule has 0 amide bonds. The van der Waals surface area contributed by atoms with Crippen LogP contribution in [0.25, 0.3) is 72.7 Å². The number of benzene rings is 6. The number of hydrogen-bond acceptors (Lipinski definition) is 3. The van der Waals surface area contributed by atoms with Gasteiger partial charge in [0.1, 0.15) is 11.6 Å². The Morgan fingerprint density at radius 2 is 1.38 bits per heavy atom. The second-order valence-electron chi connectivity index (χ2n) is 19.4. The van der Waals surface area contributed by atoms with Crippen LogP contribution >= 0.6 is 0 Å². The number of imidazole rings is 1. The summed E-state index contributed by atoms with van der Waals surface area (Å²) >= 11 is 0. The number of aryl methyl sites for hydroxylation is 1. The van der Waals surface area contributed by atoms with Crippen molar-refractivity contribution < 1.29 is 37.1 Å². The molecule has 0 aliphatic rings. The van der Waals surface area contributed by atoms with Crippen LogP contribution in [0.2, 0.25) is 0 Å². The first kappa shape index (κ1) is 38.5. The summed E-state index contributed by atoms with van der Waals surface area (Å²) in [6, 6.07) is 33.4. The summed E-state index contributed by atoms with van der Waals surface area (Å²) in [4.78, 5) is 10.4. The van der Waals surface area contributed by atoms with Crippen molar-refractivity contribution in [3.05, 3.63) is 167 Å². The molecule has 0 spiro atoms. The first-order valence-electron chi connectivity index (χ1n) is 27.2. The topological polar surface area (TPSA) is 50.9 Å². The Bertz CT molecular complexity index is 3350. The molecule has 0 unspecified atom stereocenters. The van der Waals surface area contributed by atoms with Crippen LogP contribution in [0.4, 0.5) is 0 Å². The van der Waals surface area contributed by atoms with Gasteiger partial charge in [-0.15, -0.1) is 29.3 Å². The minimum atomic E-state index is -2.47. The molecule has 0 bridgehead atoms. The van der Waals surface area contributed by atoms with E-state index in [-0.39, 0.29) is 67.3 Å². The molecule has 2 aromatic heterocycles. The largest absolute Gasteiger partial charge is 0.507 e. The van der Waals surface area contributed by atoms with Gasteiger partial charge in [-0.25, -0.2) is 4.98 Å². The second kappa shape index (κ2) is 19.7. The van der Waals surface area contributed by atoms with Gasteiger partial charge in [-0.05, 0) is 124 Å². The molecule has 0 aliphatic carbocycles. The second-order valence-corrected chi connectivity index (χ2v) is 19.4. The number of rotatable bonds is 12. The van der Waals surface area contributed by atoms with Crippen LogP contribution in [-0.2, 0) is 31.9 Å². The average molecular weight is 1060 g/mol. The molecule has 0 saturated heterocycles. The fourth-order valence-corrected chi connectivity index (χ4v) is 9.28. The van der Waals surface area contributed by atoms with Crippen molar-refractivity contribution >= 4 is 11.0 Å². The van der Waals surface area contributed by atoms with Gasteiger partial charge in [-0.3, -0.25) is 9.55 Å². The van der Waals surface area contributed by atoms with E-state index in [2.05, 4.69) is 72.7 Å². The van der Waals surface area contributed by atoms with Gasteiger partial charge < -0.3 is 5.11 Å². The Morgan fingerprint density at radius 3 is 2.03 bits per heavy atom. The van der Waals surface area contributed by atoms with Gasteiger partial charge in [0.15, 0.2) is 0 Å². The SMILES string of the molecule is [2H]c1c([2H])c([2H])c(-c2ccnc(-c3[c-]c(-c4cccc5c4nc(-c4cc(C(CC)CC)cc(C(CC)CC)c4O)n5-c4cc(C([2H])([2H])[2H])c(C(C)(C)C)cc4-c4ccccc4)cc(C(C)(C)C)c3)c2)c([2H])c1[2H].[Pt]. The number of phenols is 1. The van der Waals surface area contributed by atoms with E-state index in [9.17, 15) is 5.11 Å². The molecule has 0 aliphatic heterocycles. The van der Waals surface area contributed by atoms with Gasteiger partial charge in [0.2, 0.25) is 0 Å². The van der Waals surface area contributed by atoms with Crippen molar-refractivity contribution in [3.8, 4) is 67.5 Å². The monoisotopic (exact) mass is 1060 g/mol. The van der Waals surface area contributed by atoms with Crippen molar-refractivity contribution in [3.63, 3.8) is 0 Å². The molecule has 0 atom stereocenters. The van der Waals surface area contributed by atoms with Crippen LogP contribution < -0.4 is 0 Å². The minimum Gasteiger partial charge on any atom is -0.507 e. The number of aromatic hydroxyl groups is 1. The first-order chi connectivity index (χ1) is 34.4. The number of fused-ring (bicyclic) bond motifs is 1. The first-order valence-corrected chi connectivity index (χ1v) is 23.2. The smallest absolute Gasteiger partial charge is 0.148 e. The molecule has 6 aromatic carbocycles. The normalized spacial score (nSPS) is 13.9. The number of para-hydroxylation sites is 1. The zero-order valence-electron chi connectivity index (χ0n) is 47.9. The average Bonchev–Trinajstić information content (AvgIpc) is 3.75. The maximum atomic E-state index is 12.8. The van der Waals surface area contributed by atoms with Gasteiger partial charge in [-0.1, -0.05) is 165 Å². The molecule has 0 radical (unpaired) electrons. The summed E-state index contributed by atoms with van der Waals surface area (Å²) < 4.78 is 71.4. The van der Waals surface area contributed by atoms with E-state index >= 15 is 0 Å². The minimum absolute atomic E-state index is 0. The molecule has 342 valence electrons. The predicted molar refractivity (Wildman–Crippen MR) is 275 cm³/mol. The van der Waals surface area contributed by atoms with Crippen molar-refractivity contribution in [2.45, 2.75) is 124 Å². The van der Waals surface area contributed by atoms with Crippen LogP contribution in [0.15, 0.2) is 133 Å². The third-order valence-corrected chi connectivity index (χ3v) is 13.1. The van der Waals surface area contributed by atoms with Crippen LogP contribution in [0, 0.1) is 12.9 Å². The van der Waals surface area contributed by atoms with Crippen molar-refractivity contribution in [2.24, 2.45) is 0 Å². The van der Waals surface area contributed by atoms with E-state index in [1.54, 1.807) is 18.3 Å². The van der Waals surface area contributed by atoms with Gasteiger partial charge in [0.25, 0.3) is 0 Å². The molecule has 2 heterocycles. The maximum absolute atomic E-state index is 12.8. The van der Waals surface area contributed by atoms with E-state index < -0.39 is 30.4 Å². The van der Waals surface area contributed by atoms with Crippen molar-refractivity contribution in [2.75, 3.05) is 0 Å². The van der Waals surface area contributed by atoms with E-state index in [0.29, 0.717) is 56.1 Å². The Hall–Kier alpha value is -5.57. The molecule has 4 nitrogen and oxygen atoms in total. The van der Waals surface area contributed by atoms with Gasteiger partial charge >= 0.3 is 0 Å². The third kappa shape index (κ3) is 9.50. The van der Waals surface area contributed by atoms with Gasteiger partial charge in [0, 0.05) is 42.6 Å². The van der Waals surface area contributed by atoms with E-state index in [1.807, 2.05) is 92.1 Å². The molecule has 8 rings (SSSR count). The number of hydrogen-bond donors (Lipinski definition) is 1. The van der Waals surface area contributed by atoms with E-state index in [1.165, 1.54) is 0 Å². The maximum Gasteiger partial charge on any atom is 0.148 e. The summed E-state index contributed by atoms with van der Waals surface area (Å²) in [5, 5.41) is 12.8.